The minimum Gasteiger partial charge on any atom is -0.348 e. The maximum absolute atomic E-state index is 11.7. The van der Waals surface area contributed by atoms with Gasteiger partial charge in [0, 0.05) is 25.0 Å². The minimum atomic E-state index is -0.103. The summed E-state index contributed by atoms with van der Waals surface area (Å²) in [5, 5.41) is 2.83. The molecule has 1 aromatic carbocycles. The second-order valence-electron chi connectivity index (χ2n) is 4.77. The van der Waals surface area contributed by atoms with Crippen molar-refractivity contribution in [2.45, 2.75) is 20.4 Å². The van der Waals surface area contributed by atoms with E-state index in [4.69, 9.17) is 0 Å². The average Bonchev–Trinajstić information content (AvgIpc) is 2.45. The van der Waals surface area contributed by atoms with E-state index in [1.165, 1.54) is 11.1 Å². The van der Waals surface area contributed by atoms with E-state index in [9.17, 15) is 4.79 Å². The van der Waals surface area contributed by atoms with Crippen molar-refractivity contribution in [1.29, 1.82) is 0 Å². The maximum Gasteiger partial charge on any atom is 0.244 e. The molecule has 0 atom stereocenters. The third-order valence-corrected chi connectivity index (χ3v) is 3.03. The highest BCUT2D eigenvalue weighted by Gasteiger charge is 1.98. The summed E-state index contributed by atoms with van der Waals surface area (Å²) in [6.07, 6.45) is 6.86. The zero-order valence-electron chi connectivity index (χ0n) is 11.8. The molecule has 0 saturated carbocycles. The van der Waals surface area contributed by atoms with Crippen molar-refractivity contribution in [1.82, 2.24) is 10.3 Å². The molecule has 0 spiro atoms. The molecule has 0 bridgehead atoms. The van der Waals surface area contributed by atoms with Gasteiger partial charge in [0.25, 0.3) is 0 Å². The molecule has 2 rings (SSSR count). The molecule has 0 saturated heterocycles. The van der Waals surface area contributed by atoms with Gasteiger partial charge in [0.2, 0.25) is 5.91 Å². The van der Waals surface area contributed by atoms with Crippen LogP contribution in [-0.4, -0.2) is 10.9 Å². The van der Waals surface area contributed by atoms with Crippen LogP contribution >= 0.6 is 0 Å². The van der Waals surface area contributed by atoms with Crippen molar-refractivity contribution in [3.63, 3.8) is 0 Å². The lowest BCUT2D eigenvalue weighted by atomic mass is 10.1. The number of nitrogens with one attached hydrogen (secondary N) is 1. The smallest absolute Gasteiger partial charge is 0.244 e. The van der Waals surface area contributed by atoms with Crippen molar-refractivity contribution >= 4 is 12.0 Å². The lowest BCUT2D eigenvalue weighted by molar-refractivity contribution is -0.116. The Hall–Kier alpha value is -2.42. The van der Waals surface area contributed by atoms with Crippen LogP contribution in [0.15, 0.2) is 48.8 Å². The summed E-state index contributed by atoms with van der Waals surface area (Å²) in [5.74, 6) is -0.103. The van der Waals surface area contributed by atoms with Crippen molar-refractivity contribution in [2.75, 3.05) is 0 Å². The number of nitrogens with zero attached hydrogens (tertiary/aromatic N) is 1. The van der Waals surface area contributed by atoms with E-state index in [1.807, 2.05) is 37.3 Å². The molecular formula is C17H18N2O. The van der Waals surface area contributed by atoms with E-state index in [0.717, 1.165) is 11.1 Å². The molecule has 1 heterocycles. The molecule has 0 unspecified atom stereocenters. The highest BCUT2D eigenvalue weighted by atomic mass is 16.1. The molecule has 0 aliphatic rings. The van der Waals surface area contributed by atoms with Gasteiger partial charge in [-0.25, -0.2) is 0 Å². The van der Waals surface area contributed by atoms with Gasteiger partial charge in [0.05, 0.1) is 0 Å². The number of carbonyl (C=O) groups excluding carboxylic acids is 1. The molecule has 102 valence electrons. The van der Waals surface area contributed by atoms with Crippen LogP contribution in [0.2, 0.25) is 0 Å². The number of rotatable bonds is 4. The molecule has 1 aromatic heterocycles. The van der Waals surface area contributed by atoms with Crippen molar-refractivity contribution in [2.24, 2.45) is 0 Å². The molecule has 20 heavy (non-hydrogen) atoms. The van der Waals surface area contributed by atoms with Gasteiger partial charge in [-0.1, -0.05) is 29.8 Å². The van der Waals surface area contributed by atoms with Crippen LogP contribution in [0.4, 0.5) is 0 Å². The molecule has 1 amide bonds. The Morgan fingerprint density at radius 2 is 2.15 bits per heavy atom. The van der Waals surface area contributed by atoms with Gasteiger partial charge in [-0.05, 0) is 42.7 Å². The topological polar surface area (TPSA) is 42.0 Å². The first-order chi connectivity index (χ1) is 9.65. The first-order valence-corrected chi connectivity index (χ1v) is 6.57. The van der Waals surface area contributed by atoms with Crippen molar-refractivity contribution < 1.29 is 4.79 Å². The molecular weight excluding hydrogens is 248 g/mol. The number of aromatic nitrogens is 1. The van der Waals surface area contributed by atoms with Gasteiger partial charge in [-0.2, -0.15) is 0 Å². The summed E-state index contributed by atoms with van der Waals surface area (Å²) in [5.41, 5.74) is 4.44. The molecule has 0 fully saturated rings. The zero-order valence-corrected chi connectivity index (χ0v) is 11.8. The number of carbonyl (C=O) groups is 1. The second kappa shape index (κ2) is 6.66. The maximum atomic E-state index is 11.7. The average molecular weight is 266 g/mol. The summed E-state index contributed by atoms with van der Waals surface area (Å²) in [4.78, 5) is 15.8. The lowest BCUT2D eigenvalue weighted by Gasteiger charge is -2.03. The Balaban J connectivity index is 1.92. The van der Waals surface area contributed by atoms with Gasteiger partial charge in [-0.15, -0.1) is 0 Å². The first kappa shape index (κ1) is 14.0. The highest BCUT2D eigenvalue weighted by molar-refractivity contribution is 5.91. The van der Waals surface area contributed by atoms with E-state index in [0.29, 0.717) is 6.54 Å². The fraction of sp³-hybridized carbons (Fsp3) is 0.176. The molecule has 0 aliphatic carbocycles. The summed E-state index contributed by atoms with van der Waals surface area (Å²) in [6.45, 7) is 4.59. The van der Waals surface area contributed by atoms with Gasteiger partial charge in [0.15, 0.2) is 0 Å². The van der Waals surface area contributed by atoms with Gasteiger partial charge < -0.3 is 5.32 Å². The van der Waals surface area contributed by atoms with E-state index in [1.54, 1.807) is 18.5 Å². The van der Waals surface area contributed by atoms with E-state index < -0.39 is 0 Å². The third kappa shape index (κ3) is 4.05. The van der Waals surface area contributed by atoms with Crippen LogP contribution in [0.1, 0.15) is 22.3 Å². The molecule has 3 heteroatoms. The number of hydrogen-bond donors (Lipinski definition) is 1. The Morgan fingerprint density at radius 3 is 2.85 bits per heavy atom. The van der Waals surface area contributed by atoms with Crippen molar-refractivity contribution in [3.8, 4) is 0 Å². The SMILES string of the molecule is Cc1ccc(/C=C/C(=O)NCc2cccnc2)c(C)c1. The Bertz CT molecular complexity index is 618. The summed E-state index contributed by atoms with van der Waals surface area (Å²) in [7, 11) is 0. The fourth-order valence-corrected chi connectivity index (χ4v) is 1.93. The van der Waals surface area contributed by atoms with Crippen LogP contribution < -0.4 is 5.32 Å². The van der Waals surface area contributed by atoms with Gasteiger partial charge in [0.1, 0.15) is 0 Å². The molecule has 0 radical (unpaired) electrons. The van der Waals surface area contributed by atoms with E-state index in [2.05, 4.69) is 23.3 Å². The van der Waals surface area contributed by atoms with Gasteiger partial charge >= 0.3 is 0 Å². The predicted octanol–water partition coefficient (Wildman–Crippen LogP) is 3.03. The van der Waals surface area contributed by atoms with E-state index >= 15 is 0 Å². The Kier molecular flexibility index (Phi) is 4.66. The summed E-state index contributed by atoms with van der Waals surface area (Å²) >= 11 is 0. The largest absolute Gasteiger partial charge is 0.348 e. The molecule has 3 nitrogen and oxygen atoms in total. The lowest BCUT2D eigenvalue weighted by Crippen LogP contribution is -2.20. The predicted molar refractivity (Wildman–Crippen MR) is 81.0 cm³/mol. The molecule has 1 N–H and O–H groups in total. The number of pyridine rings is 1. The van der Waals surface area contributed by atoms with E-state index in [-0.39, 0.29) is 5.91 Å². The normalized spacial score (nSPS) is 10.7. The summed E-state index contributed by atoms with van der Waals surface area (Å²) < 4.78 is 0. The molecule has 0 aliphatic heterocycles. The number of amides is 1. The standard InChI is InChI=1S/C17H18N2O/c1-13-5-6-16(14(2)10-13)7-8-17(20)19-12-15-4-3-9-18-11-15/h3-11H,12H2,1-2H3,(H,19,20)/b8-7+. The number of hydrogen-bond acceptors (Lipinski definition) is 2. The number of benzene rings is 1. The van der Waals surface area contributed by atoms with Crippen LogP contribution in [0.3, 0.4) is 0 Å². The minimum absolute atomic E-state index is 0.103. The quantitative estimate of drug-likeness (QED) is 0.864. The fourth-order valence-electron chi connectivity index (χ4n) is 1.93. The van der Waals surface area contributed by atoms with Crippen LogP contribution in [0.5, 0.6) is 0 Å². The molecule has 2 aromatic rings. The Morgan fingerprint density at radius 1 is 1.30 bits per heavy atom. The van der Waals surface area contributed by atoms with Gasteiger partial charge in [-0.3, -0.25) is 9.78 Å². The van der Waals surface area contributed by atoms with Crippen molar-refractivity contribution in [3.05, 3.63) is 71.1 Å². The number of aryl methyl sites for hydroxylation is 2. The van der Waals surface area contributed by atoms with Crippen LogP contribution in [0, 0.1) is 13.8 Å². The third-order valence-electron chi connectivity index (χ3n) is 3.03. The Labute approximate surface area is 119 Å². The first-order valence-electron chi connectivity index (χ1n) is 6.57. The highest BCUT2D eigenvalue weighted by Crippen LogP contribution is 2.11. The monoisotopic (exact) mass is 266 g/mol. The second-order valence-corrected chi connectivity index (χ2v) is 4.77. The summed E-state index contributed by atoms with van der Waals surface area (Å²) in [6, 6.07) is 9.96. The zero-order chi connectivity index (χ0) is 14.4. The van der Waals surface area contributed by atoms with Crippen LogP contribution in [-0.2, 0) is 11.3 Å². The van der Waals surface area contributed by atoms with Crippen LogP contribution in [0.25, 0.3) is 6.08 Å².